The number of benzene rings is 1. The molecule has 2 N–H and O–H groups in total. The first-order valence-corrected chi connectivity index (χ1v) is 5.80. The van der Waals surface area contributed by atoms with Crippen molar-refractivity contribution < 1.29 is 19.4 Å². The maximum Gasteiger partial charge on any atom is 0.336 e. The SMILES string of the molecule is CC(CO)CSc1c(F)cccc1C(=O)O. The summed E-state index contributed by atoms with van der Waals surface area (Å²) in [7, 11) is 0. The lowest BCUT2D eigenvalue weighted by Gasteiger charge is -2.10. The summed E-state index contributed by atoms with van der Waals surface area (Å²) in [5.41, 5.74) is -0.0323. The molecule has 0 bridgehead atoms. The van der Waals surface area contributed by atoms with Crippen LogP contribution in [0.3, 0.4) is 0 Å². The van der Waals surface area contributed by atoms with Crippen LogP contribution in [0.5, 0.6) is 0 Å². The smallest absolute Gasteiger partial charge is 0.336 e. The van der Waals surface area contributed by atoms with Gasteiger partial charge in [-0.05, 0) is 18.1 Å². The molecule has 0 amide bonds. The molecule has 0 aliphatic rings. The minimum Gasteiger partial charge on any atom is -0.478 e. The van der Waals surface area contributed by atoms with E-state index >= 15 is 0 Å². The second-order valence-corrected chi connectivity index (χ2v) is 4.55. The number of carboxylic acid groups (broad SMARTS) is 1. The summed E-state index contributed by atoms with van der Waals surface area (Å²) in [6, 6.07) is 3.98. The Labute approximate surface area is 97.3 Å². The quantitative estimate of drug-likeness (QED) is 0.780. The van der Waals surface area contributed by atoms with E-state index < -0.39 is 11.8 Å². The molecule has 0 saturated carbocycles. The van der Waals surface area contributed by atoms with Gasteiger partial charge in [0.15, 0.2) is 0 Å². The van der Waals surface area contributed by atoms with Gasteiger partial charge in [-0.3, -0.25) is 0 Å². The standard InChI is InChI=1S/C11H13FO3S/c1-7(5-13)6-16-10-8(11(14)15)3-2-4-9(10)12/h2-4,7,13H,5-6H2,1H3,(H,14,15). The van der Waals surface area contributed by atoms with Gasteiger partial charge in [0.05, 0.1) is 10.5 Å². The Morgan fingerprint density at radius 3 is 2.81 bits per heavy atom. The lowest BCUT2D eigenvalue weighted by Crippen LogP contribution is -2.06. The highest BCUT2D eigenvalue weighted by molar-refractivity contribution is 7.99. The number of thioether (sulfide) groups is 1. The van der Waals surface area contributed by atoms with Gasteiger partial charge in [0.2, 0.25) is 0 Å². The molecule has 0 saturated heterocycles. The molecule has 0 heterocycles. The van der Waals surface area contributed by atoms with E-state index in [0.717, 1.165) is 11.8 Å². The number of rotatable bonds is 5. The topological polar surface area (TPSA) is 57.5 Å². The van der Waals surface area contributed by atoms with Crippen LogP contribution in [-0.4, -0.2) is 28.5 Å². The molecule has 0 spiro atoms. The van der Waals surface area contributed by atoms with Crippen LogP contribution < -0.4 is 0 Å². The van der Waals surface area contributed by atoms with Crippen molar-refractivity contribution in [2.45, 2.75) is 11.8 Å². The van der Waals surface area contributed by atoms with Gasteiger partial charge in [-0.1, -0.05) is 13.0 Å². The number of aromatic carboxylic acids is 1. The first kappa shape index (κ1) is 13.0. The third-order valence-corrected chi connectivity index (χ3v) is 3.46. The Morgan fingerprint density at radius 1 is 1.56 bits per heavy atom. The number of carboxylic acids is 1. The zero-order chi connectivity index (χ0) is 12.1. The molecule has 5 heteroatoms. The molecule has 1 aromatic carbocycles. The largest absolute Gasteiger partial charge is 0.478 e. The molecule has 1 unspecified atom stereocenters. The summed E-state index contributed by atoms with van der Waals surface area (Å²) in [6.07, 6.45) is 0. The lowest BCUT2D eigenvalue weighted by atomic mass is 10.2. The molecule has 0 aromatic heterocycles. The van der Waals surface area contributed by atoms with Crippen molar-refractivity contribution in [3.05, 3.63) is 29.6 Å². The van der Waals surface area contributed by atoms with Gasteiger partial charge in [0, 0.05) is 12.4 Å². The molecule has 0 aliphatic carbocycles. The van der Waals surface area contributed by atoms with Gasteiger partial charge in [0.1, 0.15) is 5.82 Å². The molecule has 3 nitrogen and oxygen atoms in total. The van der Waals surface area contributed by atoms with E-state index in [1.165, 1.54) is 18.2 Å². The Hall–Kier alpha value is -1.07. The third-order valence-electron chi connectivity index (χ3n) is 2.02. The van der Waals surface area contributed by atoms with Crippen LogP contribution in [0.15, 0.2) is 23.1 Å². The van der Waals surface area contributed by atoms with Crippen LogP contribution in [0.4, 0.5) is 4.39 Å². The second kappa shape index (κ2) is 5.86. The molecular weight excluding hydrogens is 231 g/mol. The fourth-order valence-corrected chi connectivity index (χ4v) is 2.18. The summed E-state index contributed by atoms with van der Waals surface area (Å²) in [6.45, 7) is 1.82. The van der Waals surface area contributed by atoms with E-state index in [9.17, 15) is 9.18 Å². The van der Waals surface area contributed by atoms with Gasteiger partial charge in [-0.2, -0.15) is 0 Å². The molecule has 1 atom stereocenters. The van der Waals surface area contributed by atoms with E-state index in [1.807, 2.05) is 6.92 Å². The third kappa shape index (κ3) is 3.21. The maximum absolute atomic E-state index is 13.4. The van der Waals surface area contributed by atoms with E-state index in [0.29, 0.717) is 5.75 Å². The van der Waals surface area contributed by atoms with Crippen molar-refractivity contribution in [2.24, 2.45) is 5.92 Å². The first-order valence-electron chi connectivity index (χ1n) is 4.81. The molecular formula is C11H13FO3S. The molecule has 0 radical (unpaired) electrons. The van der Waals surface area contributed by atoms with Crippen molar-refractivity contribution in [3.63, 3.8) is 0 Å². The molecule has 88 valence electrons. The van der Waals surface area contributed by atoms with Crippen LogP contribution >= 0.6 is 11.8 Å². The molecule has 16 heavy (non-hydrogen) atoms. The Balaban J connectivity index is 2.88. The maximum atomic E-state index is 13.4. The Kier molecular flexibility index (Phi) is 4.76. The lowest BCUT2D eigenvalue weighted by molar-refractivity contribution is 0.0692. The number of aliphatic hydroxyl groups is 1. The van der Waals surface area contributed by atoms with Crippen molar-refractivity contribution in [1.82, 2.24) is 0 Å². The number of carbonyl (C=O) groups is 1. The predicted molar refractivity (Wildman–Crippen MR) is 60.3 cm³/mol. The highest BCUT2D eigenvalue weighted by Gasteiger charge is 2.15. The van der Waals surface area contributed by atoms with E-state index in [2.05, 4.69) is 0 Å². The van der Waals surface area contributed by atoms with Gasteiger partial charge < -0.3 is 10.2 Å². The summed E-state index contributed by atoms with van der Waals surface area (Å²) in [5, 5.41) is 17.7. The fraction of sp³-hybridized carbons (Fsp3) is 0.364. The number of aliphatic hydroxyl groups excluding tert-OH is 1. The van der Waals surface area contributed by atoms with Gasteiger partial charge >= 0.3 is 5.97 Å². The van der Waals surface area contributed by atoms with E-state index in [-0.39, 0.29) is 23.0 Å². The van der Waals surface area contributed by atoms with Gasteiger partial charge in [-0.25, -0.2) is 9.18 Å². The minimum absolute atomic E-state index is 0.00383. The van der Waals surface area contributed by atoms with Crippen molar-refractivity contribution in [2.75, 3.05) is 12.4 Å². The fourth-order valence-electron chi connectivity index (χ4n) is 1.10. The molecule has 0 aliphatic heterocycles. The van der Waals surface area contributed by atoms with Crippen molar-refractivity contribution >= 4 is 17.7 Å². The average Bonchev–Trinajstić information content (AvgIpc) is 2.26. The monoisotopic (exact) mass is 244 g/mol. The summed E-state index contributed by atoms with van der Waals surface area (Å²) >= 11 is 1.12. The van der Waals surface area contributed by atoms with E-state index in [4.69, 9.17) is 10.2 Å². The average molecular weight is 244 g/mol. The summed E-state index contributed by atoms with van der Waals surface area (Å²) in [4.78, 5) is 11.0. The van der Waals surface area contributed by atoms with Crippen molar-refractivity contribution in [3.8, 4) is 0 Å². The van der Waals surface area contributed by atoms with Crippen LogP contribution in [0, 0.1) is 11.7 Å². The number of halogens is 1. The van der Waals surface area contributed by atoms with Gasteiger partial charge in [0.25, 0.3) is 0 Å². The molecule has 1 rings (SSSR count). The second-order valence-electron chi connectivity index (χ2n) is 3.52. The minimum atomic E-state index is -1.14. The normalized spacial score (nSPS) is 12.4. The van der Waals surface area contributed by atoms with E-state index in [1.54, 1.807) is 0 Å². The Morgan fingerprint density at radius 2 is 2.25 bits per heavy atom. The molecule has 0 fully saturated rings. The number of hydrogen-bond acceptors (Lipinski definition) is 3. The molecule has 1 aromatic rings. The first-order chi connectivity index (χ1) is 7.56. The highest BCUT2D eigenvalue weighted by atomic mass is 32.2. The van der Waals surface area contributed by atoms with Crippen LogP contribution in [0.25, 0.3) is 0 Å². The summed E-state index contributed by atoms with van der Waals surface area (Å²) < 4.78 is 13.4. The highest BCUT2D eigenvalue weighted by Crippen LogP contribution is 2.27. The summed E-state index contributed by atoms with van der Waals surface area (Å²) in [5.74, 6) is -1.18. The van der Waals surface area contributed by atoms with Crippen LogP contribution in [-0.2, 0) is 0 Å². The zero-order valence-corrected chi connectivity index (χ0v) is 9.63. The Bertz CT molecular complexity index is 381. The zero-order valence-electron chi connectivity index (χ0n) is 8.81. The number of hydrogen-bond donors (Lipinski definition) is 2. The van der Waals surface area contributed by atoms with Crippen LogP contribution in [0.2, 0.25) is 0 Å². The predicted octanol–water partition coefficient (Wildman–Crippen LogP) is 2.24. The van der Waals surface area contributed by atoms with Crippen LogP contribution in [0.1, 0.15) is 17.3 Å². The van der Waals surface area contributed by atoms with Gasteiger partial charge in [-0.15, -0.1) is 11.8 Å². The van der Waals surface area contributed by atoms with Crippen molar-refractivity contribution in [1.29, 1.82) is 0 Å².